The number of ether oxygens (including phenoxy) is 1. The van der Waals surface area contributed by atoms with Gasteiger partial charge in [-0.15, -0.1) is 11.3 Å². The number of para-hydroxylation sites is 1. The summed E-state index contributed by atoms with van der Waals surface area (Å²) in [7, 11) is 3.93. The predicted octanol–water partition coefficient (Wildman–Crippen LogP) is 4.79. The van der Waals surface area contributed by atoms with Crippen LogP contribution in [0.15, 0.2) is 48.5 Å². The van der Waals surface area contributed by atoms with E-state index >= 15 is 0 Å². The monoisotopic (exact) mass is 411 g/mol. The Morgan fingerprint density at radius 3 is 2.54 bits per heavy atom. The van der Waals surface area contributed by atoms with E-state index in [1.807, 2.05) is 72.1 Å². The number of fused-ring (bicyclic) bond motifs is 1. The van der Waals surface area contributed by atoms with Crippen molar-refractivity contribution in [1.82, 2.24) is 4.57 Å². The highest BCUT2D eigenvalue weighted by Gasteiger charge is 2.34. The Hall–Kier alpha value is -2.69. The van der Waals surface area contributed by atoms with Crippen LogP contribution in [0.2, 0.25) is 0 Å². The smallest absolute Gasteiger partial charge is 0.325 e. The molecule has 0 aliphatic heterocycles. The van der Waals surface area contributed by atoms with Gasteiger partial charge in [-0.05, 0) is 49.0 Å². The van der Waals surface area contributed by atoms with Crippen LogP contribution in [-0.4, -0.2) is 31.2 Å². The Bertz CT molecular complexity index is 1080. The number of hydrogen-bond donors (Lipinski definition) is 0. The highest BCUT2D eigenvalue weighted by atomic mass is 32.1. The first-order valence-electron chi connectivity index (χ1n) is 8.91. The molecule has 7 heteroatoms. The molecule has 1 heterocycles. The maximum atomic E-state index is 12.6. The van der Waals surface area contributed by atoms with Crippen molar-refractivity contribution in [2.75, 3.05) is 25.6 Å². The van der Waals surface area contributed by atoms with Crippen molar-refractivity contribution < 1.29 is 9.53 Å². The molecular weight excluding hydrogens is 390 g/mol. The lowest BCUT2D eigenvalue weighted by Gasteiger charge is -2.24. The molecule has 0 bridgehead atoms. The first-order valence-corrected chi connectivity index (χ1v) is 10.1. The third-order valence-corrected chi connectivity index (χ3v) is 5.93. The summed E-state index contributed by atoms with van der Waals surface area (Å²) in [4.78, 5) is 14.6. The van der Waals surface area contributed by atoms with E-state index in [-0.39, 0.29) is 6.61 Å². The second-order valence-corrected chi connectivity index (χ2v) is 8.17. The van der Waals surface area contributed by atoms with Crippen LogP contribution < -0.4 is 4.90 Å². The van der Waals surface area contributed by atoms with Gasteiger partial charge in [-0.3, -0.25) is 4.79 Å². The molecule has 0 radical (unpaired) electrons. The van der Waals surface area contributed by atoms with Gasteiger partial charge in [0.2, 0.25) is 0 Å². The number of benzene rings is 2. The number of anilines is 1. The molecule has 2 atom stereocenters. The summed E-state index contributed by atoms with van der Waals surface area (Å²) in [5.41, 5.74) is 2.78. The maximum Gasteiger partial charge on any atom is 0.325 e. The highest BCUT2D eigenvalue weighted by molar-refractivity contribution is 7.73. The van der Waals surface area contributed by atoms with E-state index in [0.717, 1.165) is 21.5 Å². The average Bonchev–Trinajstić information content (AvgIpc) is 3.01. The summed E-state index contributed by atoms with van der Waals surface area (Å²) in [6, 6.07) is 17.2. The van der Waals surface area contributed by atoms with Crippen LogP contribution in [0.5, 0.6) is 0 Å². The Balaban J connectivity index is 2.22. The highest BCUT2D eigenvalue weighted by Crippen LogP contribution is 2.35. The molecule has 5 nitrogen and oxygen atoms in total. The molecule has 0 fully saturated rings. The molecule has 3 aromatic rings. The van der Waals surface area contributed by atoms with Crippen molar-refractivity contribution in [3.63, 3.8) is 0 Å². The van der Waals surface area contributed by atoms with E-state index in [2.05, 4.69) is 6.07 Å². The third kappa shape index (κ3) is 3.79. The summed E-state index contributed by atoms with van der Waals surface area (Å²) < 4.78 is 8.74. The third-order valence-electron chi connectivity index (χ3n) is 4.54. The predicted molar refractivity (Wildman–Crippen MR) is 115 cm³/mol. The topological polar surface area (TPSA) is 58.3 Å². The van der Waals surface area contributed by atoms with Crippen LogP contribution in [0, 0.1) is 21.2 Å². The van der Waals surface area contributed by atoms with Crippen LogP contribution in [0.4, 0.5) is 5.69 Å². The minimum Gasteiger partial charge on any atom is -0.465 e. The van der Waals surface area contributed by atoms with Crippen LogP contribution in [0.3, 0.4) is 0 Å². The second-order valence-electron chi connectivity index (χ2n) is 6.50. The molecule has 0 spiro atoms. The molecule has 2 aromatic carbocycles. The Kier molecular flexibility index (Phi) is 6.12. The molecule has 144 valence electrons. The zero-order valence-electron chi connectivity index (χ0n) is 16.0. The summed E-state index contributed by atoms with van der Waals surface area (Å²) in [6.45, 7) is 1.96. The lowest BCUT2D eigenvalue weighted by molar-refractivity contribution is -0.146. The zero-order valence-corrected chi connectivity index (χ0v) is 17.6. The van der Waals surface area contributed by atoms with E-state index in [1.165, 1.54) is 11.3 Å². The Labute approximate surface area is 173 Å². The molecule has 1 aromatic heterocycles. The number of aromatic nitrogens is 1. The number of nitriles is 1. The fourth-order valence-electron chi connectivity index (χ4n) is 3.19. The van der Waals surface area contributed by atoms with Crippen molar-refractivity contribution in [1.29, 1.82) is 5.26 Å². The summed E-state index contributed by atoms with van der Waals surface area (Å²) in [5, 5.41) is 9.86. The quantitative estimate of drug-likeness (QED) is 0.431. The van der Waals surface area contributed by atoms with Crippen molar-refractivity contribution in [3.8, 4) is 6.07 Å². The van der Waals surface area contributed by atoms with Gasteiger partial charge in [-0.1, -0.05) is 24.3 Å². The van der Waals surface area contributed by atoms with Crippen LogP contribution >= 0.6 is 23.6 Å². The molecule has 0 aliphatic carbocycles. The number of rotatable bonds is 6. The molecule has 0 unspecified atom stereocenters. The summed E-state index contributed by atoms with van der Waals surface area (Å²) in [6.07, 6.45) is 0. The van der Waals surface area contributed by atoms with Crippen molar-refractivity contribution >= 4 is 45.4 Å². The maximum absolute atomic E-state index is 12.6. The summed E-state index contributed by atoms with van der Waals surface area (Å²) in [5.74, 6) is -1.54. The molecule has 0 aliphatic rings. The van der Waals surface area contributed by atoms with E-state index in [9.17, 15) is 10.1 Å². The van der Waals surface area contributed by atoms with E-state index < -0.39 is 17.9 Å². The number of thiazole rings is 1. The standard InChI is InChI=1S/C21H21N3O2S2/c1-4-26-20(25)16(13-22)19(14-9-11-15(12-10-14)23(2)3)24-17-7-5-6-8-18(17)28-21(24)27/h5-12,16,19H,4H2,1-3H3/t16-,19+/m0/s1. The SMILES string of the molecule is CCOC(=O)[C@@H](C#N)[C@@H](c1ccc(N(C)C)cc1)n1c(=S)sc2ccccc21. The normalized spacial score (nSPS) is 12.9. The molecule has 0 saturated heterocycles. The van der Waals surface area contributed by atoms with Gasteiger partial charge in [-0.2, -0.15) is 5.26 Å². The van der Waals surface area contributed by atoms with Crippen molar-refractivity contribution in [2.24, 2.45) is 5.92 Å². The van der Waals surface area contributed by atoms with Gasteiger partial charge in [0.05, 0.1) is 28.9 Å². The number of esters is 1. The van der Waals surface area contributed by atoms with E-state index in [1.54, 1.807) is 6.92 Å². The minimum atomic E-state index is -1.00. The van der Waals surface area contributed by atoms with Gasteiger partial charge in [-0.25, -0.2) is 0 Å². The average molecular weight is 412 g/mol. The molecule has 0 amide bonds. The molecule has 28 heavy (non-hydrogen) atoms. The number of carbonyl (C=O) groups excluding carboxylic acids is 1. The largest absolute Gasteiger partial charge is 0.465 e. The lowest BCUT2D eigenvalue weighted by atomic mass is 9.93. The van der Waals surface area contributed by atoms with Gasteiger partial charge in [0.1, 0.15) is 0 Å². The molecule has 0 saturated carbocycles. The lowest BCUT2D eigenvalue weighted by Crippen LogP contribution is -2.28. The first-order chi connectivity index (χ1) is 13.5. The number of carbonyl (C=O) groups is 1. The van der Waals surface area contributed by atoms with E-state index in [4.69, 9.17) is 17.0 Å². The fourth-order valence-corrected chi connectivity index (χ4v) is 4.59. The Morgan fingerprint density at radius 2 is 1.93 bits per heavy atom. The summed E-state index contributed by atoms with van der Waals surface area (Å²) >= 11 is 7.10. The zero-order chi connectivity index (χ0) is 20.3. The van der Waals surface area contributed by atoms with Gasteiger partial charge >= 0.3 is 5.97 Å². The van der Waals surface area contributed by atoms with Crippen LogP contribution in [0.25, 0.3) is 10.2 Å². The molecular formula is C21H21N3O2S2. The molecule has 3 rings (SSSR count). The number of hydrogen-bond acceptors (Lipinski definition) is 6. The minimum absolute atomic E-state index is 0.221. The van der Waals surface area contributed by atoms with Gasteiger partial charge in [0.15, 0.2) is 9.87 Å². The van der Waals surface area contributed by atoms with Gasteiger partial charge in [0, 0.05) is 19.8 Å². The van der Waals surface area contributed by atoms with Crippen LogP contribution in [0.1, 0.15) is 18.5 Å². The van der Waals surface area contributed by atoms with Crippen molar-refractivity contribution in [3.05, 3.63) is 58.0 Å². The van der Waals surface area contributed by atoms with Gasteiger partial charge in [0.25, 0.3) is 0 Å². The van der Waals surface area contributed by atoms with Crippen molar-refractivity contribution in [2.45, 2.75) is 13.0 Å². The molecule has 0 N–H and O–H groups in total. The van der Waals surface area contributed by atoms with Crippen LogP contribution in [-0.2, 0) is 9.53 Å². The van der Waals surface area contributed by atoms with Gasteiger partial charge < -0.3 is 14.2 Å². The second kappa shape index (κ2) is 8.55. The fraction of sp³-hybridized carbons (Fsp3) is 0.286. The Morgan fingerprint density at radius 1 is 1.25 bits per heavy atom. The first kappa shape index (κ1) is 20.1. The van der Waals surface area contributed by atoms with E-state index in [0.29, 0.717) is 3.95 Å². The number of nitrogens with zero attached hydrogens (tertiary/aromatic N) is 3.